The minimum atomic E-state index is -0.688. The SMILES string of the molecule is CC[C@@H](C)NC(=O)[C@@H](Cc1ccccc1)N(Cc1ccccc1Cl)C(=O)Cc1ccc(Cl)cc1. The largest absolute Gasteiger partial charge is 0.352 e. The van der Waals surface area contributed by atoms with Crippen LogP contribution in [0.5, 0.6) is 0 Å². The van der Waals surface area contributed by atoms with Crippen molar-refractivity contribution in [3.8, 4) is 0 Å². The zero-order chi connectivity index (χ0) is 24.5. The number of benzene rings is 3. The van der Waals surface area contributed by atoms with E-state index in [1.54, 1.807) is 23.1 Å². The molecule has 0 bridgehead atoms. The maximum absolute atomic E-state index is 13.7. The molecule has 0 aliphatic rings. The maximum atomic E-state index is 13.7. The van der Waals surface area contributed by atoms with Gasteiger partial charge in [-0.05, 0) is 48.2 Å². The van der Waals surface area contributed by atoms with Crippen LogP contribution in [0.1, 0.15) is 37.0 Å². The molecule has 2 atom stereocenters. The van der Waals surface area contributed by atoms with Gasteiger partial charge in [0.2, 0.25) is 11.8 Å². The van der Waals surface area contributed by atoms with Gasteiger partial charge in [-0.25, -0.2) is 0 Å². The molecule has 0 heterocycles. The van der Waals surface area contributed by atoms with E-state index in [1.165, 1.54) is 0 Å². The second-order valence-corrected chi connectivity index (χ2v) is 9.28. The molecule has 0 aromatic heterocycles. The minimum absolute atomic E-state index is 0.000645. The molecule has 3 aromatic rings. The highest BCUT2D eigenvalue weighted by Crippen LogP contribution is 2.22. The highest BCUT2D eigenvalue weighted by molar-refractivity contribution is 6.31. The van der Waals surface area contributed by atoms with Crippen LogP contribution in [0.3, 0.4) is 0 Å². The molecule has 0 aliphatic heterocycles. The van der Waals surface area contributed by atoms with Crippen molar-refractivity contribution in [2.45, 2.75) is 51.7 Å². The number of halogens is 2. The number of nitrogens with zero attached hydrogens (tertiary/aromatic N) is 1. The molecule has 4 nitrogen and oxygen atoms in total. The number of carbonyl (C=O) groups excluding carboxylic acids is 2. The summed E-state index contributed by atoms with van der Waals surface area (Å²) in [5.74, 6) is -0.322. The summed E-state index contributed by atoms with van der Waals surface area (Å²) < 4.78 is 0. The Hall–Kier alpha value is -2.82. The predicted octanol–water partition coefficient (Wildman–Crippen LogP) is 6.09. The molecule has 1 N–H and O–H groups in total. The molecule has 6 heteroatoms. The molecule has 178 valence electrons. The molecule has 3 aromatic carbocycles. The summed E-state index contributed by atoms with van der Waals surface area (Å²) in [4.78, 5) is 28.8. The van der Waals surface area contributed by atoms with Crippen LogP contribution in [0, 0.1) is 0 Å². The van der Waals surface area contributed by atoms with E-state index in [-0.39, 0.29) is 30.8 Å². The zero-order valence-corrected chi connectivity index (χ0v) is 21.0. The van der Waals surface area contributed by atoms with Gasteiger partial charge in [-0.2, -0.15) is 0 Å². The monoisotopic (exact) mass is 496 g/mol. The lowest BCUT2D eigenvalue weighted by Gasteiger charge is -2.32. The van der Waals surface area contributed by atoms with E-state index in [1.807, 2.05) is 74.5 Å². The molecular weight excluding hydrogens is 467 g/mol. The van der Waals surface area contributed by atoms with Gasteiger partial charge in [0.05, 0.1) is 6.42 Å². The summed E-state index contributed by atoms with van der Waals surface area (Å²) in [7, 11) is 0. The number of rotatable bonds is 10. The summed E-state index contributed by atoms with van der Waals surface area (Å²) in [6.07, 6.45) is 1.36. The van der Waals surface area contributed by atoms with Gasteiger partial charge < -0.3 is 10.2 Å². The third-order valence-electron chi connectivity index (χ3n) is 5.84. The van der Waals surface area contributed by atoms with Crippen LogP contribution in [0.15, 0.2) is 78.9 Å². The second-order valence-electron chi connectivity index (χ2n) is 8.44. The molecule has 0 fully saturated rings. The van der Waals surface area contributed by atoms with Crippen LogP contribution in [0.4, 0.5) is 0 Å². The van der Waals surface area contributed by atoms with Gasteiger partial charge in [0.15, 0.2) is 0 Å². The third-order valence-corrected chi connectivity index (χ3v) is 6.46. The first-order valence-corrected chi connectivity index (χ1v) is 12.2. The fourth-order valence-corrected chi connectivity index (χ4v) is 4.01. The lowest BCUT2D eigenvalue weighted by atomic mass is 10.0. The van der Waals surface area contributed by atoms with Crippen LogP contribution in [0.2, 0.25) is 10.0 Å². The van der Waals surface area contributed by atoms with Crippen molar-refractivity contribution in [2.75, 3.05) is 0 Å². The molecule has 0 saturated heterocycles. The van der Waals surface area contributed by atoms with Crippen molar-refractivity contribution in [1.29, 1.82) is 0 Å². The molecule has 0 spiro atoms. The Bertz CT molecular complexity index is 1090. The summed E-state index contributed by atoms with van der Waals surface area (Å²) in [6.45, 7) is 4.22. The number of carbonyl (C=O) groups is 2. The fraction of sp³-hybridized carbons (Fsp3) is 0.286. The first-order valence-electron chi connectivity index (χ1n) is 11.5. The Balaban J connectivity index is 1.97. The van der Waals surface area contributed by atoms with Crippen LogP contribution in [-0.2, 0) is 29.0 Å². The van der Waals surface area contributed by atoms with Gasteiger partial charge >= 0.3 is 0 Å². The molecule has 0 aliphatic carbocycles. The molecule has 0 saturated carbocycles. The van der Waals surface area contributed by atoms with Gasteiger partial charge in [0.1, 0.15) is 6.04 Å². The van der Waals surface area contributed by atoms with E-state index in [0.29, 0.717) is 16.5 Å². The molecule has 2 amide bonds. The minimum Gasteiger partial charge on any atom is -0.352 e. The quantitative estimate of drug-likeness (QED) is 0.369. The first-order chi connectivity index (χ1) is 16.4. The van der Waals surface area contributed by atoms with Crippen LogP contribution in [0.25, 0.3) is 0 Å². The number of amides is 2. The summed E-state index contributed by atoms with van der Waals surface area (Å²) in [6, 6.07) is 23.7. The van der Waals surface area contributed by atoms with Crippen molar-refractivity contribution >= 4 is 35.0 Å². The van der Waals surface area contributed by atoms with E-state index in [9.17, 15) is 9.59 Å². The van der Waals surface area contributed by atoms with Crippen LogP contribution < -0.4 is 5.32 Å². The Morgan fingerprint density at radius 3 is 2.18 bits per heavy atom. The summed E-state index contributed by atoms with van der Waals surface area (Å²) >= 11 is 12.5. The lowest BCUT2D eigenvalue weighted by molar-refractivity contribution is -0.141. The Labute approximate surface area is 211 Å². The van der Waals surface area contributed by atoms with Crippen molar-refractivity contribution in [1.82, 2.24) is 10.2 Å². The van der Waals surface area contributed by atoms with Gasteiger partial charge in [0, 0.05) is 29.1 Å². The summed E-state index contributed by atoms with van der Waals surface area (Å²) in [5, 5.41) is 4.25. The highest BCUT2D eigenvalue weighted by atomic mass is 35.5. The van der Waals surface area contributed by atoms with Gasteiger partial charge in [-0.3, -0.25) is 9.59 Å². The molecular formula is C28H30Cl2N2O2. The zero-order valence-electron chi connectivity index (χ0n) is 19.5. The molecule has 0 unspecified atom stereocenters. The van der Waals surface area contributed by atoms with E-state index < -0.39 is 6.04 Å². The normalized spacial score (nSPS) is 12.6. The average molecular weight is 497 g/mol. The van der Waals surface area contributed by atoms with E-state index in [0.717, 1.165) is 23.1 Å². The number of hydrogen-bond donors (Lipinski definition) is 1. The van der Waals surface area contributed by atoms with Gasteiger partial charge in [-0.15, -0.1) is 0 Å². The van der Waals surface area contributed by atoms with E-state index in [4.69, 9.17) is 23.2 Å². The number of nitrogens with one attached hydrogen (secondary N) is 1. The van der Waals surface area contributed by atoms with Gasteiger partial charge in [-0.1, -0.05) is 90.8 Å². The fourth-order valence-electron chi connectivity index (χ4n) is 3.68. The van der Waals surface area contributed by atoms with E-state index in [2.05, 4.69) is 5.32 Å². The Morgan fingerprint density at radius 2 is 1.53 bits per heavy atom. The smallest absolute Gasteiger partial charge is 0.243 e. The van der Waals surface area contributed by atoms with Gasteiger partial charge in [0.25, 0.3) is 0 Å². The topological polar surface area (TPSA) is 49.4 Å². The van der Waals surface area contributed by atoms with E-state index >= 15 is 0 Å². The predicted molar refractivity (Wildman–Crippen MR) is 139 cm³/mol. The highest BCUT2D eigenvalue weighted by Gasteiger charge is 2.31. The standard InChI is InChI=1S/C28H30Cl2N2O2/c1-3-20(2)31-28(34)26(17-21-9-5-4-6-10-21)32(19-23-11-7-8-12-25(23)30)27(33)18-22-13-15-24(29)16-14-22/h4-16,20,26H,3,17-19H2,1-2H3,(H,31,34)/t20-,26-/m1/s1. The average Bonchev–Trinajstić information content (AvgIpc) is 2.84. The number of hydrogen-bond acceptors (Lipinski definition) is 2. The van der Waals surface area contributed by atoms with Crippen LogP contribution >= 0.6 is 23.2 Å². The molecule has 34 heavy (non-hydrogen) atoms. The molecule has 3 rings (SSSR count). The third kappa shape index (κ3) is 7.34. The summed E-state index contributed by atoms with van der Waals surface area (Å²) in [5.41, 5.74) is 2.61. The second kappa shape index (κ2) is 12.6. The lowest BCUT2D eigenvalue weighted by Crippen LogP contribution is -2.52. The van der Waals surface area contributed by atoms with Crippen molar-refractivity contribution in [2.24, 2.45) is 0 Å². The Kier molecular flexibility index (Phi) is 9.55. The van der Waals surface area contributed by atoms with Crippen LogP contribution in [-0.4, -0.2) is 28.8 Å². The van der Waals surface area contributed by atoms with Crippen molar-refractivity contribution in [3.05, 3.63) is 106 Å². The first kappa shape index (κ1) is 25.8. The Morgan fingerprint density at radius 1 is 0.882 bits per heavy atom. The maximum Gasteiger partial charge on any atom is 0.243 e. The molecule has 0 radical (unpaired) electrons. The van der Waals surface area contributed by atoms with Crippen molar-refractivity contribution in [3.63, 3.8) is 0 Å². The van der Waals surface area contributed by atoms with Crippen molar-refractivity contribution < 1.29 is 9.59 Å².